The zero-order valence-electron chi connectivity index (χ0n) is 11.4. The van der Waals surface area contributed by atoms with E-state index in [9.17, 15) is 0 Å². The Hall–Kier alpha value is -2.36. The predicted octanol–water partition coefficient (Wildman–Crippen LogP) is 2.27. The van der Waals surface area contributed by atoms with E-state index >= 15 is 0 Å². The molecule has 0 spiro atoms. The molecule has 1 saturated heterocycles. The van der Waals surface area contributed by atoms with E-state index in [2.05, 4.69) is 38.5 Å². The lowest BCUT2D eigenvalue weighted by molar-refractivity contribution is 0.328. The van der Waals surface area contributed by atoms with E-state index < -0.39 is 0 Å². The molecule has 0 bridgehead atoms. The third kappa shape index (κ3) is 2.79. The van der Waals surface area contributed by atoms with Gasteiger partial charge in [0.05, 0.1) is 5.82 Å². The molecule has 1 aliphatic heterocycles. The van der Waals surface area contributed by atoms with Crippen LogP contribution in [0.2, 0.25) is 0 Å². The molecule has 0 saturated carbocycles. The number of nitrogens with zero attached hydrogens (tertiary/aromatic N) is 4. The van der Waals surface area contributed by atoms with Crippen LogP contribution < -0.4 is 0 Å². The van der Waals surface area contributed by atoms with E-state index in [1.165, 1.54) is 11.1 Å². The molecule has 20 heavy (non-hydrogen) atoms. The minimum Gasteiger partial charge on any atom is -0.353 e. The Morgan fingerprint density at radius 3 is 1.80 bits per heavy atom. The van der Waals surface area contributed by atoms with Crippen LogP contribution in [0.3, 0.4) is 0 Å². The van der Waals surface area contributed by atoms with Crippen LogP contribution in [0.15, 0.2) is 61.5 Å². The highest BCUT2D eigenvalue weighted by molar-refractivity contribution is 5.14. The second-order valence-electron chi connectivity index (χ2n) is 4.98. The summed E-state index contributed by atoms with van der Waals surface area (Å²) in [4.78, 5) is 12.9. The molecule has 102 valence electrons. The number of hydrogen-bond acceptors (Lipinski definition) is 4. The fourth-order valence-electron chi connectivity index (χ4n) is 2.46. The third-order valence-electron chi connectivity index (χ3n) is 3.56. The Morgan fingerprint density at radius 1 is 0.900 bits per heavy atom. The Morgan fingerprint density at radius 2 is 1.40 bits per heavy atom. The van der Waals surface area contributed by atoms with Gasteiger partial charge in [0.25, 0.3) is 0 Å². The van der Waals surface area contributed by atoms with Gasteiger partial charge in [0.1, 0.15) is 0 Å². The molecule has 4 nitrogen and oxygen atoms in total. The van der Waals surface area contributed by atoms with Crippen molar-refractivity contribution in [2.24, 2.45) is 0 Å². The van der Waals surface area contributed by atoms with Crippen LogP contribution in [0.25, 0.3) is 0 Å². The highest BCUT2D eigenvalue weighted by Crippen LogP contribution is 2.21. The van der Waals surface area contributed by atoms with Gasteiger partial charge in [-0.25, -0.2) is 0 Å². The Kier molecular flexibility index (Phi) is 3.63. The Balaban J connectivity index is 1.62. The van der Waals surface area contributed by atoms with Crippen molar-refractivity contribution in [3.63, 3.8) is 0 Å². The molecular formula is C16H18N4. The standard InChI is InChI=1S/C16H18N4/c1-14-19(12-15-4-2-6-17-10-15)8-9-20(14)13-16-5-3-7-18-11-16/h2-7,10-11H,1,8-9,12-13H2. The SMILES string of the molecule is C=C1N(Cc2cccnc2)CCN1Cc1cccnc1. The Labute approximate surface area is 119 Å². The topological polar surface area (TPSA) is 32.3 Å². The summed E-state index contributed by atoms with van der Waals surface area (Å²) in [7, 11) is 0. The number of aromatic nitrogens is 2. The van der Waals surface area contributed by atoms with E-state index in [0.717, 1.165) is 32.0 Å². The molecule has 3 heterocycles. The fraction of sp³-hybridized carbons (Fsp3) is 0.250. The van der Waals surface area contributed by atoms with Gasteiger partial charge in [0.15, 0.2) is 0 Å². The van der Waals surface area contributed by atoms with Crippen LogP contribution in [0.4, 0.5) is 0 Å². The maximum atomic E-state index is 4.22. The minimum atomic E-state index is 0.871. The molecular weight excluding hydrogens is 248 g/mol. The summed E-state index contributed by atoms with van der Waals surface area (Å²) >= 11 is 0. The zero-order chi connectivity index (χ0) is 13.8. The van der Waals surface area contributed by atoms with Crippen LogP contribution in [0, 0.1) is 0 Å². The molecule has 0 radical (unpaired) electrons. The van der Waals surface area contributed by atoms with E-state index in [0.29, 0.717) is 0 Å². The molecule has 0 aromatic carbocycles. The van der Waals surface area contributed by atoms with Crippen molar-refractivity contribution in [1.82, 2.24) is 19.8 Å². The molecule has 1 fully saturated rings. The van der Waals surface area contributed by atoms with Gasteiger partial charge in [0.2, 0.25) is 0 Å². The van der Waals surface area contributed by atoms with Crippen molar-refractivity contribution in [3.8, 4) is 0 Å². The third-order valence-corrected chi connectivity index (χ3v) is 3.56. The summed E-state index contributed by atoms with van der Waals surface area (Å²) in [6.07, 6.45) is 7.43. The Bertz CT molecular complexity index is 516. The molecule has 3 rings (SSSR count). The van der Waals surface area contributed by atoms with Crippen LogP contribution in [0.5, 0.6) is 0 Å². The smallest absolute Gasteiger partial charge is 0.0972 e. The lowest BCUT2D eigenvalue weighted by Gasteiger charge is -2.23. The first-order valence-electron chi connectivity index (χ1n) is 6.79. The highest BCUT2D eigenvalue weighted by atomic mass is 15.4. The molecule has 4 heteroatoms. The van der Waals surface area contributed by atoms with Crippen LogP contribution in [-0.4, -0.2) is 32.9 Å². The van der Waals surface area contributed by atoms with Crippen LogP contribution in [-0.2, 0) is 13.1 Å². The monoisotopic (exact) mass is 266 g/mol. The van der Waals surface area contributed by atoms with Gasteiger partial charge in [-0.2, -0.15) is 0 Å². The van der Waals surface area contributed by atoms with Crippen molar-refractivity contribution in [3.05, 3.63) is 72.6 Å². The molecule has 1 aliphatic rings. The minimum absolute atomic E-state index is 0.871. The van der Waals surface area contributed by atoms with Crippen molar-refractivity contribution in [1.29, 1.82) is 0 Å². The van der Waals surface area contributed by atoms with Crippen LogP contribution in [0.1, 0.15) is 11.1 Å². The van der Waals surface area contributed by atoms with Gasteiger partial charge in [-0.1, -0.05) is 18.7 Å². The molecule has 0 aliphatic carbocycles. The van der Waals surface area contributed by atoms with E-state index in [-0.39, 0.29) is 0 Å². The first-order chi connectivity index (χ1) is 9.83. The van der Waals surface area contributed by atoms with Gasteiger partial charge in [0, 0.05) is 51.0 Å². The summed E-state index contributed by atoms with van der Waals surface area (Å²) in [6.45, 7) is 7.98. The van der Waals surface area contributed by atoms with Gasteiger partial charge >= 0.3 is 0 Å². The van der Waals surface area contributed by atoms with Crippen molar-refractivity contribution in [2.45, 2.75) is 13.1 Å². The first kappa shape index (κ1) is 12.7. The predicted molar refractivity (Wildman–Crippen MR) is 78.4 cm³/mol. The van der Waals surface area contributed by atoms with Gasteiger partial charge in [-0.3, -0.25) is 9.97 Å². The molecule has 0 amide bonds. The highest BCUT2D eigenvalue weighted by Gasteiger charge is 2.22. The largest absolute Gasteiger partial charge is 0.353 e. The van der Waals surface area contributed by atoms with Crippen molar-refractivity contribution >= 4 is 0 Å². The number of rotatable bonds is 4. The zero-order valence-corrected chi connectivity index (χ0v) is 11.4. The lowest BCUT2D eigenvalue weighted by atomic mass is 10.2. The average molecular weight is 266 g/mol. The molecule has 2 aromatic rings. The fourth-order valence-corrected chi connectivity index (χ4v) is 2.46. The molecule has 0 unspecified atom stereocenters. The van der Waals surface area contributed by atoms with Gasteiger partial charge in [-0.15, -0.1) is 0 Å². The van der Waals surface area contributed by atoms with Crippen LogP contribution >= 0.6 is 0 Å². The summed E-state index contributed by atoms with van der Waals surface area (Å²) in [5, 5.41) is 0. The maximum absolute atomic E-state index is 4.22. The summed E-state index contributed by atoms with van der Waals surface area (Å²) in [5.74, 6) is 1.08. The quantitative estimate of drug-likeness (QED) is 0.849. The second-order valence-corrected chi connectivity index (χ2v) is 4.98. The normalized spacial score (nSPS) is 14.9. The molecule has 0 N–H and O–H groups in total. The average Bonchev–Trinajstić information content (AvgIpc) is 2.83. The van der Waals surface area contributed by atoms with Crippen molar-refractivity contribution in [2.75, 3.05) is 13.1 Å². The van der Waals surface area contributed by atoms with Crippen molar-refractivity contribution < 1.29 is 0 Å². The summed E-state index contributed by atoms with van der Waals surface area (Å²) in [6, 6.07) is 8.15. The van der Waals surface area contributed by atoms with Gasteiger partial charge < -0.3 is 9.80 Å². The van der Waals surface area contributed by atoms with E-state index in [4.69, 9.17) is 0 Å². The molecule has 0 atom stereocenters. The number of pyridine rings is 2. The molecule has 2 aromatic heterocycles. The van der Waals surface area contributed by atoms with E-state index in [1.54, 1.807) is 12.4 Å². The summed E-state index contributed by atoms with van der Waals surface area (Å²) in [5.41, 5.74) is 2.44. The maximum Gasteiger partial charge on any atom is 0.0972 e. The number of hydrogen-bond donors (Lipinski definition) is 0. The lowest BCUT2D eigenvalue weighted by Crippen LogP contribution is -2.21. The first-order valence-corrected chi connectivity index (χ1v) is 6.79. The van der Waals surface area contributed by atoms with E-state index in [1.807, 2.05) is 24.5 Å². The summed E-state index contributed by atoms with van der Waals surface area (Å²) < 4.78 is 0. The van der Waals surface area contributed by atoms with Gasteiger partial charge in [-0.05, 0) is 23.3 Å². The second kappa shape index (κ2) is 5.74.